The molecule has 0 saturated carbocycles. The van der Waals surface area contributed by atoms with Crippen molar-refractivity contribution in [3.05, 3.63) is 55.4 Å². The number of benzene rings is 1. The topological polar surface area (TPSA) is 54.9 Å². The van der Waals surface area contributed by atoms with Crippen LogP contribution in [0, 0.1) is 6.92 Å². The number of aryl methyl sites for hydroxylation is 2. The molecule has 1 aromatic carbocycles. The fourth-order valence-corrected chi connectivity index (χ4v) is 2.40. The Hall–Kier alpha value is -1.52. The number of hydrogen-bond acceptors (Lipinski definition) is 2. The lowest BCUT2D eigenvalue weighted by atomic mass is 10.0. The molecule has 100 valence electrons. The van der Waals surface area contributed by atoms with Crippen molar-refractivity contribution in [2.45, 2.75) is 20.4 Å². The maximum atomic E-state index is 12.4. The van der Waals surface area contributed by atoms with Crippen molar-refractivity contribution in [1.82, 2.24) is 9.78 Å². The van der Waals surface area contributed by atoms with Crippen LogP contribution in [0.25, 0.3) is 0 Å². The third-order valence-electron chi connectivity index (χ3n) is 2.86. The number of carbonyl (C=O) groups is 1. The summed E-state index contributed by atoms with van der Waals surface area (Å²) in [7, 11) is 0. The number of nitrogens with one attached hydrogen (secondary N) is 1. The first kappa shape index (κ1) is 13.9. The second-order valence-electron chi connectivity index (χ2n) is 4.11. The molecule has 0 fully saturated rings. The standard InChI is InChI=1S/C13H12Cl2N2O2/c1-3-17-13(19)11(7(2)16-17)12(18)9-5-4-8(14)6-10(9)15/h4-6,16H,3H2,1-2H3. The SMILES string of the molecule is CCn1[nH]c(C)c(C(=O)c2ccc(Cl)cc2Cl)c1=O. The summed E-state index contributed by atoms with van der Waals surface area (Å²) >= 11 is 11.8. The van der Waals surface area contributed by atoms with Gasteiger partial charge in [-0.3, -0.25) is 19.4 Å². The minimum absolute atomic E-state index is 0.117. The molecule has 0 atom stereocenters. The lowest BCUT2D eigenvalue weighted by Crippen LogP contribution is -2.21. The monoisotopic (exact) mass is 298 g/mol. The summed E-state index contributed by atoms with van der Waals surface area (Å²) in [6, 6.07) is 4.58. The van der Waals surface area contributed by atoms with Gasteiger partial charge in [-0.25, -0.2) is 0 Å². The fourth-order valence-electron chi connectivity index (χ4n) is 1.90. The number of nitrogens with zero attached hydrogens (tertiary/aromatic N) is 1. The molecule has 2 rings (SSSR count). The molecular formula is C13H12Cl2N2O2. The van der Waals surface area contributed by atoms with Gasteiger partial charge in [0.15, 0.2) is 0 Å². The predicted octanol–water partition coefficient (Wildman–Crippen LogP) is 3.04. The molecule has 0 amide bonds. The summed E-state index contributed by atoms with van der Waals surface area (Å²) in [6.07, 6.45) is 0. The molecule has 0 bridgehead atoms. The molecule has 2 aromatic rings. The van der Waals surface area contributed by atoms with E-state index < -0.39 is 5.78 Å². The van der Waals surface area contributed by atoms with E-state index in [1.165, 1.54) is 16.8 Å². The van der Waals surface area contributed by atoms with Crippen LogP contribution >= 0.6 is 23.2 Å². The lowest BCUT2D eigenvalue weighted by molar-refractivity contribution is 0.103. The van der Waals surface area contributed by atoms with E-state index in [-0.39, 0.29) is 21.7 Å². The molecule has 0 saturated heterocycles. The van der Waals surface area contributed by atoms with Gasteiger partial charge in [-0.05, 0) is 32.0 Å². The van der Waals surface area contributed by atoms with E-state index in [1.807, 2.05) is 6.92 Å². The van der Waals surface area contributed by atoms with Gasteiger partial charge in [0.2, 0.25) is 5.78 Å². The average Bonchev–Trinajstić information content (AvgIpc) is 2.63. The summed E-state index contributed by atoms with van der Waals surface area (Å²) < 4.78 is 1.38. The summed E-state index contributed by atoms with van der Waals surface area (Å²) in [4.78, 5) is 24.4. The van der Waals surface area contributed by atoms with Gasteiger partial charge in [-0.15, -0.1) is 0 Å². The third-order valence-corrected chi connectivity index (χ3v) is 3.40. The van der Waals surface area contributed by atoms with Gasteiger partial charge < -0.3 is 0 Å². The number of halogens is 2. The number of rotatable bonds is 3. The van der Waals surface area contributed by atoms with Gasteiger partial charge in [0.1, 0.15) is 5.56 Å². The summed E-state index contributed by atoms with van der Waals surface area (Å²) in [6.45, 7) is 3.98. The van der Waals surface area contributed by atoms with Gasteiger partial charge >= 0.3 is 0 Å². The Morgan fingerprint density at radius 3 is 2.58 bits per heavy atom. The third kappa shape index (κ3) is 2.46. The maximum Gasteiger partial charge on any atom is 0.278 e. The van der Waals surface area contributed by atoms with Crippen LogP contribution in [0.4, 0.5) is 0 Å². The summed E-state index contributed by atoms with van der Waals surface area (Å²) in [5, 5.41) is 3.54. The van der Waals surface area contributed by atoms with Crippen molar-refractivity contribution in [1.29, 1.82) is 0 Å². The van der Waals surface area contributed by atoms with Crippen molar-refractivity contribution in [2.75, 3.05) is 0 Å². The Bertz CT molecular complexity index is 701. The minimum atomic E-state index is -0.396. The van der Waals surface area contributed by atoms with Gasteiger partial charge in [-0.2, -0.15) is 0 Å². The Morgan fingerprint density at radius 1 is 1.37 bits per heavy atom. The van der Waals surface area contributed by atoms with E-state index in [9.17, 15) is 9.59 Å². The molecule has 1 heterocycles. The Kier molecular flexibility index (Phi) is 3.83. The Labute approximate surface area is 119 Å². The summed E-state index contributed by atoms with van der Waals surface area (Å²) in [5.74, 6) is -0.396. The molecular weight excluding hydrogens is 287 g/mol. The van der Waals surface area contributed by atoms with Crippen molar-refractivity contribution in [2.24, 2.45) is 0 Å². The molecule has 19 heavy (non-hydrogen) atoms. The van der Waals surface area contributed by atoms with Gasteiger partial charge in [0.05, 0.1) is 5.02 Å². The number of hydrogen-bond donors (Lipinski definition) is 1. The predicted molar refractivity (Wildman–Crippen MR) is 75.4 cm³/mol. The molecule has 0 aliphatic heterocycles. The highest BCUT2D eigenvalue weighted by atomic mass is 35.5. The largest absolute Gasteiger partial charge is 0.299 e. The van der Waals surface area contributed by atoms with Gasteiger partial charge in [-0.1, -0.05) is 23.2 Å². The summed E-state index contributed by atoms with van der Waals surface area (Å²) in [5.41, 5.74) is 0.582. The zero-order chi connectivity index (χ0) is 14.2. The average molecular weight is 299 g/mol. The molecule has 0 aliphatic carbocycles. The molecule has 4 nitrogen and oxygen atoms in total. The zero-order valence-electron chi connectivity index (χ0n) is 10.5. The number of carbonyl (C=O) groups excluding carboxylic acids is 1. The van der Waals surface area contributed by atoms with Crippen LogP contribution in [-0.2, 0) is 6.54 Å². The first-order valence-corrected chi connectivity index (χ1v) is 6.50. The smallest absolute Gasteiger partial charge is 0.278 e. The number of H-pyrrole nitrogens is 1. The normalized spacial score (nSPS) is 10.7. The molecule has 1 aromatic heterocycles. The molecule has 0 spiro atoms. The van der Waals surface area contributed by atoms with E-state index in [0.717, 1.165) is 0 Å². The van der Waals surface area contributed by atoms with Crippen LogP contribution in [0.5, 0.6) is 0 Å². The maximum absolute atomic E-state index is 12.4. The molecule has 1 N–H and O–H groups in total. The van der Waals surface area contributed by atoms with Gasteiger partial charge in [0.25, 0.3) is 5.56 Å². The number of ketones is 1. The van der Waals surface area contributed by atoms with Crippen molar-refractivity contribution >= 4 is 29.0 Å². The quantitative estimate of drug-likeness (QED) is 0.886. The van der Waals surface area contributed by atoms with Crippen molar-refractivity contribution in [3.8, 4) is 0 Å². The van der Waals surface area contributed by atoms with Crippen LogP contribution in [0.15, 0.2) is 23.0 Å². The Balaban J connectivity index is 2.56. The number of aromatic amines is 1. The molecule has 6 heteroatoms. The molecule has 0 aliphatic rings. The second kappa shape index (κ2) is 5.23. The number of aromatic nitrogens is 2. The van der Waals surface area contributed by atoms with Crippen LogP contribution < -0.4 is 5.56 Å². The molecule has 0 radical (unpaired) electrons. The fraction of sp³-hybridized carbons (Fsp3) is 0.231. The highest BCUT2D eigenvalue weighted by Gasteiger charge is 2.21. The zero-order valence-corrected chi connectivity index (χ0v) is 12.0. The van der Waals surface area contributed by atoms with Crippen molar-refractivity contribution in [3.63, 3.8) is 0 Å². The van der Waals surface area contributed by atoms with E-state index in [4.69, 9.17) is 23.2 Å². The highest BCUT2D eigenvalue weighted by molar-refractivity contribution is 6.37. The van der Waals surface area contributed by atoms with Crippen LogP contribution in [-0.4, -0.2) is 15.6 Å². The van der Waals surface area contributed by atoms with Crippen LogP contribution in [0.2, 0.25) is 10.0 Å². The van der Waals surface area contributed by atoms with Crippen molar-refractivity contribution < 1.29 is 4.79 Å². The van der Waals surface area contributed by atoms with E-state index in [1.54, 1.807) is 13.0 Å². The van der Waals surface area contributed by atoms with E-state index >= 15 is 0 Å². The first-order valence-electron chi connectivity index (χ1n) is 5.74. The van der Waals surface area contributed by atoms with E-state index in [0.29, 0.717) is 17.3 Å². The van der Waals surface area contributed by atoms with Gasteiger partial charge in [0, 0.05) is 22.8 Å². The second-order valence-corrected chi connectivity index (χ2v) is 4.96. The first-order chi connectivity index (χ1) is 8.95. The molecule has 0 unspecified atom stereocenters. The minimum Gasteiger partial charge on any atom is -0.299 e. The van der Waals surface area contributed by atoms with Crippen LogP contribution in [0.3, 0.4) is 0 Å². The Morgan fingerprint density at radius 2 is 2.05 bits per heavy atom. The van der Waals surface area contributed by atoms with Crippen LogP contribution in [0.1, 0.15) is 28.5 Å². The van der Waals surface area contributed by atoms with E-state index in [2.05, 4.69) is 5.10 Å². The highest BCUT2D eigenvalue weighted by Crippen LogP contribution is 2.23. The lowest BCUT2D eigenvalue weighted by Gasteiger charge is -2.02.